The van der Waals surface area contributed by atoms with Crippen LogP contribution in [-0.2, 0) is 4.74 Å². The summed E-state index contributed by atoms with van der Waals surface area (Å²) in [5, 5.41) is 0. The second-order valence-corrected chi connectivity index (χ2v) is 4.28. The van der Waals surface area contributed by atoms with E-state index in [1.807, 2.05) is 0 Å². The number of ether oxygens (including phenoxy) is 1. The normalized spacial score (nSPS) is 23.2. The summed E-state index contributed by atoms with van der Waals surface area (Å²) in [6.45, 7) is 5.91. The number of likely N-dealkylation sites (tertiary alicyclic amines) is 1. The Kier molecular flexibility index (Phi) is 5.47. The topological polar surface area (TPSA) is 50.9 Å². The van der Waals surface area contributed by atoms with Gasteiger partial charge in [-0.1, -0.05) is 6.92 Å². The van der Waals surface area contributed by atoms with Crippen LogP contribution in [0.25, 0.3) is 0 Å². The van der Waals surface area contributed by atoms with E-state index in [9.17, 15) is 0 Å². The Hall–Kier alpha value is -0.770. The van der Waals surface area contributed by atoms with Gasteiger partial charge in [-0.3, -0.25) is 4.99 Å². The highest BCUT2D eigenvalue weighted by Gasteiger charge is 2.17. The average molecular weight is 213 g/mol. The maximum absolute atomic E-state index is 5.93. The molecule has 1 aliphatic rings. The molecule has 0 bridgehead atoms. The van der Waals surface area contributed by atoms with E-state index in [4.69, 9.17) is 10.5 Å². The summed E-state index contributed by atoms with van der Waals surface area (Å²) in [6.07, 6.45) is 3.49. The SMILES string of the molecule is COCCCN=C(N)N1CCC[C@H](C)C1. The first-order chi connectivity index (χ1) is 7.24. The molecule has 4 nitrogen and oxygen atoms in total. The van der Waals surface area contributed by atoms with Crippen molar-refractivity contribution in [2.75, 3.05) is 33.4 Å². The Morgan fingerprint density at radius 1 is 1.60 bits per heavy atom. The number of hydrogen-bond donors (Lipinski definition) is 1. The number of nitrogens with two attached hydrogens (primary N) is 1. The predicted molar refractivity (Wildman–Crippen MR) is 63.0 cm³/mol. The molecule has 0 spiro atoms. The first-order valence-electron chi connectivity index (χ1n) is 5.78. The molecule has 0 unspecified atom stereocenters. The van der Waals surface area contributed by atoms with Crippen molar-refractivity contribution in [1.82, 2.24) is 4.90 Å². The maximum atomic E-state index is 5.93. The molecule has 1 aliphatic heterocycles. The van der Waals surface area contributed by atoms with Crippen molar-refractivity contribution in [3.63, 3.8) is 0 Å². The van der Waals surface area contributed by atoms with Crippen LogP contribution in [0.3, 0.4) is 0 Å². The van der Waals surface area contributed by atoms with Crippen molar-refractivity contribution < 1.29 is 4.74 Å². The highest BCUT2D eigenvalue weighted by atomic mass is 16.5. The molecule has 0 aliphatic carbocycles. The molecule has 1 rings (SSSR count). The molecule has 0 radical (unpaired) electrons. The fraction of sp³-hybridized carbons (Fsp3) is 0.909. The summed E-state index contributed by atoms with van der Waals surface area (Å²) < 4.78 is 4.96. The monoisotopic (exact) mass is 213 g/mol. The van der Waals surface area contributed by atoms with Crippen molar-refractivity contribution in [2.24, 2.45) is 16.6 Å². The van der Waals surface area contributed by atoms with Crippen LogP contribution in [0.5, 0.6) is 0 Å². The molecule has 0 aromatic rings. The summed E-state index contributed by atoms with van der Waals surface area (Å²) in [6, 6.07) is 0. The zero-order valence-corrected chi connectivity index (χ0v) is 9.91. The quantitative estimate of drug-likeness (QED) is 0.432. The van der Waals surface area contributed by atoms with Gasteiger partial charge in [-0.2, -0.15) is 0 Å². The number of methoxy groups -OCH3 is 1. The maximum Gasteiger partial charge on any atom is 0.191 e. The van der Waals surface area contributed by atoms with Crippen LogP contribution in [0.4, 0.5) is 0 Å². The second-order valence-electron chi connectivity index (χ2n) is 4.28. The largest absolute Gasteiger partial charge is 0.385 e. The molecule has 4 heteroatoms. The van der Waals surface area contributed by atoms with Crippen molar-refractivity contribution >= 4 is 5.96 Å². The summed E-state index contributed by atoms with van der Waals surface area (Å²) >= 11 is 0. The minimum atomic E-state index is 0.706. The lowest BCUT2D eigenvalue weighted by molar-refractivity contribution is 0.196. The lowest BCUT2D eigenvalue weighted by atomic mass is 10.0. The van der Waals surface area contributed by atoms with Gasteiger partial charge in [-0.25, -0.2) is 0 Å². The summed E-state index contributed by atoms with van der Waals surface area (Å²) in [7, 11) is 1.71. The molecule has 0 aromatic heterocycles. The molecule has 0 amide bonds. The van der Waals surface area contributed by atoms with Crippen molar-refractivity contribution in [1.29, 1.82) is 0 Å². The van der Waals surface area contributed by atoms with E-state index in [1.54, 1.807) is 7.11 Å². The number of aliphatic imine (C=N–C) groups is 1. The van der Waals surface area contributed by atoms with Crippen molar-refractivity contribution in [3.8, 4) is 0 Å². The number of rotatable bonds is 4. The fourth-order valence-corrected chi connectivity index (χ4v) is 1.90. The summed E-state index contributed by atoms with van der Waals surface area (Å²) in [5.41, 5.74) is 5.93. The molecular weight excluding hydrogens is 190 g/mol. The molecule has 1 atom stereocenters. The Balaban J connectivity index is 2.27. The first kappa shape index (κ1) is 12.3. The van der Waals surface area contributed by atoms with E-state index in [0.717, 1.165) is 38.6 Å². The lowest BCUT2D eigenvalue weighted by Crippen LogP contribution is -2.43. The van der Waals surface area contributed by atoms with Crippen LogP contribution in [-0.4, -0.2) is 44.2 Å². The standard InChI is InChI=1S/C11H23N3O/c1-10-5-3-7-14(9-10)11(12)13-6-4-8-15-2/h10H,3-9H2,1-2H3,(H2,12,13)/t10-/m0/s1. The fourth-order valence-electron chi connectivity index (χ4n) is 1.90. The number of piperidine rings is 1. The van der Waals surface area contributed by atoms with E-state index >= 15 is 0 Å². The van der Waals surface area contributed by atoms with Crippen LogP contribution in [0.2, 0.25) is 0 Å². The number of guanidine groups is 1. The molecule has 0 aromatic carbocycles. The summed E-state index contributed by atoms with van der Waals surface area (Å²) in [5.74, 6) is 1.45. The van der Waals surface area contributed by atoms with Gasteiger partial charge in [0.25, 0.3) is 0 Å². The Labute approximate surface area is 92.5 Å². The lowest BCUT2D eigenvalue weighted by Gasteiger charge is -2.31. The van der Waals surface area contributed by atoms with Crippen LogP contribution >= 0.6 is 0 Å². The predicted octanol–water partition coefficient (Wildman–Crippen LogP) is 1.07. The highest BCUT2D eigenvalue weighted by molar-refractivity contribution is 5.78. The van der Waals surface area contributed by atoms with Crippen LogP contribution in [0, 0.1) is 5.92 Å². The van der Waals surface area contributed by atoms with Gasteiger partial charge < -0.3 is 15.4 Å². The molecule has 2 N–H and O–H groups in total. The van der Waals surface area contributed by atoms with Crippen molar-refractivity contribution in [2.45, 2.75) is 26.2 Å². The average Bonchev–Trinajstić information content (AvgIpc) is 2.24. The molecule has 1 heterocycles. The van der Waals surface area contributed by atoms with Gasteiger partial charge in [0.15, 0.2) is 5.96 Å². The Bertz CT molecular complexity index is 206. The molecule has 1 fully saturated rings. The van der Waals surface area contributed by atoms with Gasteiger partial charge in [0.05, 0.1) is 0 Å². The van der Waals surface area contributed by atoms with Crippen LogP contribution < -0.4 is 5.73 Å². The third kappa shape index (κ3) is 4.51. The van der Waals surface area contributed by atoms with E-state index in [1.165, 1.54) is 12.8 Å². The van der Waals surface area contributed by atoms with Gasteiger partial charge in [0.2, 0.25) is 0 Å². The zero-order chi connectivity index (χ0) is 11.1. The van der Waals surface area contributed by atoms with Gasteiger partial charge >= 0.3 is 0 Å². The smallest absolute Gasteiger partial charge is 0.191 e. The minimum Gasteiger partial charge on any atom is -0.385 e. The number of hydrogen-bond acceptors (Lipinski definition) is 2. The van der Waals surface area contributed by atoms with Crippen molar-refractivity contribution in [3.05, 3.63) is 0 Å². The van der Waals surface area contributed by atoms with Crippen LogP contribution in [0.1, 0.15) is 26.2 Å². The van der Waals surface area contributed by atoms with E-state index < -0.39 is 0 Å². The molecular formula is C11H23N3O. The molecule has 0 saturated carbocycles. The number of nitrogens with zero attached hydrogens (tertiary/aromatic N) is 2. The molecule has 15 heavy (non-hydrogen) atoms. The third-order valence-electron chi connectivity index (χ3n) is 2.76. The molecule has 88 valence electrons. The first-order valence-corrected chi connectivity index (χ1v) is 5.78. The second kappa shape index (κ2) is 6.67. The minimum absolute atomic E-state index is 0.706. The highest BCUT2D eigenvalue weighted by Crippen LogP contribution is 2.14. The summed E-state index contributed by atoms with van der Waals surface area (Å²) in [4.78, 5) is 6.56. The van der Waals surface area contributed by atoms with E-state index in [-0.39, 0.29) is 0 Å². The van der Waals surface area contributed by atoms with E-state index in [2.05, 4.69) is 16.8 Å². The van der Waals surface area contributed by atoms with Crippen LogP contribution in [0.15, 0.2) is 4.99 Å². The van der Waals surface area contributed by atoms with Gasteiger partial charge in [0.1, 0.15) is 0 Å². The van der Waals surface area contributed by atoms with Gasteiger partial charge in [0, 0.05) is 33.4 Å². The Morgan fingerprint density at radius 2 is 2.40 bits per heavy atom. The zero-order valence-electron chi connectivity index (χ0n) is 9.91. The van der Waals surface area contributed by atoms with E-state index in [0.29, 0.717) is 5.96 Å². The Morgan fingerprint density at radius 3 is 3.07 bits per heavy atom. The molecule has 1 saturated heterocycles. The van der Waals surface area contributed by atoms with Gasteiger partial charge in [-0.15, -0.1) is 0 Å². The third-order valence-corrected chi connectivity index (χ3v) is 2.76. The van der Waals surface area contributed by atoms with Gasteiger partial charge in [-0.05, 0) is 25.2 Å².